The number of hydrogen-bond acceptors (Lipinski definition) is 4. The second-order valence-corrected chi connectivity index (χ2v) is 8.52. The zero-order valence-electron chi connectivity index (χ0n) is 19.6. The van der Waals surface area contributed by atoms with Gasteiger partial charge in [0, 0.05) is 12.2 Å². The van der Waals surface area contributed by atoms with Crippen molar-refractivity contribution in [1.29, 1.82) is 0 Å². The highest BCUT2D eigenvalue weighted by atomic mass is 32.1. The number of alkyl halides is 3. The zero-order valence-corrected chi connectivity index (χ0v) is 20.4. The van der Waals surface area contributed by atoms with E-state index in [2.05, 4.69) is 5.32 Å². The molecule has 5 nitrogen and oxygen atoms in total. The molecule has 3 aromatic carbocycles. The minimum absolute atomic E-state index is 0.183. The van der Waals surface area contributed by atoms with Crippen molar-refractivity contribution in [2.45, 2.75) is 18.6 Å². The third kappa shape index (κ3) is 5.64. The molecule has 3 aromatic rings. The molecule has 4 rings (SSSR count). The number of ether oxygens (including phenoxy) is 3. The molecule has 1 N–H and O–H groups in total. The summed E-state index contributed by atoms with van der Waals surface area (Å²) in [5.41, 5.74) is 1.65. The summed E-state index contributed by atoms with van der Waals surface area (Å²) >= 11 is 5.66. The third-order valence-corrected chi connectivity index (χ3v) is 6.29. The first-order chi connectivity index (χ1) is 17.2. The Morgan fingerprint density at radius 2 is 1.64 bits per heavy atom. The lowest BCUT2D eigenvalue weighted by Gasteiger charge is -2.39. The fourth-order valence-electron chi connectivity index (χ4n) is 4.09. The number of rotatable bonds is 6. The summed E-state index contributed by atoms with van der Waals surface area (Å²) in [4.78, 5) is 1.92. The molecule has 1 heterocycles. The lowest BCUT2D eigenvalue weighted by molar-refractivity contribution is -0.137. The Morgan fingerprint density at radius 3 is 2.25 bits per heavy atom. The maximum Gasteiger partial charge on any atom is 0.416 e. The molecule has 190 valence electrons. The molecule has 1 aliphatic heterocycles. The summed E-state index contributed by atoms with van der Waals surface area (Å²) in [5, 5.41) is 3.37. The normalized spacial score (nSPS) is 15.2. The maximum atomic E-state index is 13.3. The molecular weight excluding hydrogens is 496 g/mol. The molecule has 0 aliphatic carbocycles. The first-order valence-corrected chi connectivity index (χ1v) is 11.5. The van der Waals surface area contributed by atoms with Gasteiger partial charge in [0.25, 0.3) is 0 Å². The van der Waals surface area contributed by atoms with Crippen molar-refractivity contribution in [3.05, 3.63) is 83.2 Å². The van der Waals surface area contributed by atoms with Gasteiger partial charge in [-0.05, 0) is 90.4 Å². The Kier molecular flexibility index (Phi) is 7.53. The molecule has 0 bridgehead atoms. The van der Waals surface area contributed by atoms with E-state index in [1.54, 1.807) is 14.2 Å². The van der Waals surface area contributed by atoms with E-state index in [1.807, 2.05) is 17.0 Å². The van der Waals surface area contributed by atoms with Crippen molar-refractivity contribution >= 4 is 23.0 Å². The molecule has 1 atom stereocenters. The van der Waals surface area contributed by atoms with Crippen LogP contribution in [0.3, 0.4) is 0 Å². The van der Waals surface area contributed by atoms with Gasteiger partial charge in [0.2, 0.25) is 0 Å². The molecule has 0 fully saturated rings. The molecule has 0 amide bonds. The minimum atomic E-state index is -4.42. The molecule has 0 aromatic heterocycles. The monoisotopic (exact) mass is 520 g/mol. The van der Waals surface area contributed by atoms with Gasteiger partial charge in [-0.25, -0.2) is 4.39 Å². The largest absolute Gasteiger partial charge is 0.493 e. The van der Waals surface area contributed by atoms with Crippen LogP contribution < -0.4 is 19.5 Å². The molecule has 0 radical (unpaired) electrons. The van der Waals surface area contributed by atoms with Crippen LogP contribution in [0.15, 0.2) is 60.7 Å². The Labute approximate surface area is 211 Å². The van der Waals surface area contributed by atoms with Crippen molar-refractivity contribution in [1.82, 2.24) is 4.90 Å². The van der Waals surface area contributed by atoms with E-state index in [0.717, 1.165) is 23.3 Å². The van der Waals surface area contributed by atoms with Crippen LogP contribution in [-0.4, -0.2) is 37.4 Å². The average molecular weight is 521 g/mol. The van der Waals surface area contributed by atoms with Crippen molar-refractivity contribution in [3.63, 3.8) is 0 Å². The minimum Gasteiger partial charge on any atom is -0.493 e. The number of fused-ring (bicyclic) bond motifs is 1. The van der Waals surface area contributed by atoms with Gasteiger partial charge in [0.1, 0.15) is 18.2 Å². The van der Waals surface area contributed by atoms with Gasteiger partial charge in [-0.15, -0.1) is 0 Å². The van der Waals surface area contributed by atoms with Gasteiger partial charge in [0.15, 0.2) is 16.6 Å². The molecule has 1 aliphatic rings. The Bertz CT molecular complexity index is 1220. The molecule has 0 spiro atoms. The average Bonchev–Trinajstić information content (AvgIpc) is 2.86. The smallest absolute Gasteiger partial charge is 0.416 e. The second kappa shape index (κ2) is 10.6. The fourth-order valence-corrected chi connectivity index (χ4v) is 4.43. The van der Waals surface area contributed by atoms with Crippen molar-refractivity contribution in [3.8, 4) is 17.2 Å². The van der Waals surface area contributed by atoms with E-state index in [4.69, 9.17) is 26.4 Å². The molecular formula is C26H24F4N2O3S. The third-order valence-electron chi connectivity index (χ3n) is 5.95. The summed E-state index contributed by atoms with van der Waals surface area (Å²) in [6.45, 7) is 0.718. The number of thiocarbonyl (C=S) groups is 1. The summed E-state index contributed by atoms with van der Waals surface area (Å²) in [6, 6.07) is 13.8. The van der Waals surface area contributed by atoms with Crippen LogP contribution in [0.5, 0.6) is 17.2 Å². The zero-order chi connectivity index (χ0) is 25.9. The Morgan fingerprint density at radius 1 is 1.00 bits per heavy atom. The van der Waals surface area contributed by atoms with Crippen LogP contribution in [0.25, 0.3) is 0 Å². The van der Waals surface area contributed by atoms with Crippen LogP contribution in [0.1, 0.15) is 22.7 Å². The van der Waals surface area contributed by atoms with Gasteiger partial charge in [0.05, 0.1) is 25.8 Å². The standard InChI is InChI=1S/C26H24F4N2O3S/c1-33-23-13-16-11-12-32(25(36)31-19-7-3-17(4-8-19)26(28,29)30)22(21(16)14-24(23)34-2)15-35-20-9-5-18(27)6-10-20/h3-10,13-14,22H,11-12,15H2,1-2H3,(H,31,36). The van der Waals surface area contributed by atoms with E-state index in [-0.39, 0.29) is 18.5 Å². The van der Waals surface area contributed by atoms with Crippen molar-refractivity contribution < 1.29 is 31.8 Å². The number of anilines is 1. The van der Waals surface area contributed by atoms with Gasteiger partial charge in [-0.2, -0.15) is 13.2 Å². The summed E-state index contributed by atoms with van der Waals surface area (Å²) in [6.07, 6.45) is -3.77. The van der Waals surface area contributed by atoms with Crippen molar-refractivity contribution in [2.24, 2.45) is 0 Å². The summed E-state index contributed by atoms with van der Waals surface area (Å²) < 4.78 is 69.0. The van der Waals surface area contributed by atoms with E-state index < -0.39 is 11.7 Å². The lowest BCUT2D eigenvalue weighted by atomic mass is 9.92. The van der Waals surface area contributed by atoms with Crippen molar-refractivity contribution in [2.75, 3.05) is 32.7 Å². The molecule has 0 saturated carbocycles. The first-order valence-electron chi connectivity index (χ1n) is 11.1. The number of hydrogen-bond donors (Lipinski definition) is 1. The van der Waals surface area contributed by atoms with E-state index in [9.17, 15) is 17.6 Å². The van der Waals surface area contributed by atoms with E-state index in [1.165, 1.54) is 36.4 Å². The quantitative estimate of drug-likeness (QED) is 0.307. The topological polar surface area (TPSA) is 43.0 Å². The maximum absolute atomic E-state index is 13.3. The van der Waals surface area contributed by atoms with Crippen LogP contribution in [-0.2, 0) is 12.6 Å². The van der Waals surface area contributed by atoms with E-state index >= 15 is 0 Å². The van der Waals surface area contributed by atoms with Gasteiger partial charge >= 0.3 is 6.18 Å². The number of nitrogens with zero attached hydrogens (tertiary/aromatic N) is 1. The number of nitrogens with one attached hydrogen (secondary N) is 1. The predicted molar refractivity (Wildman–Crippen MR) is 132 cm³/mol. The molecule has 0 saturated heterocycles. The highest BCUT2D eigenvalue weighted by Gasteiger charge is 2.32. The van der Waals surface area contributed by atoms with E-state index in [0.29, 0.717) is 41.0 Å². The molecule has 1 unspecified atom stereocenters. The lowest BCUT2D eigenvalue weighted by Crippen LogP contribution is -2.44. The van der Waals surface area contributed by atoms with Crippen LogP contribution in [0.2, 0.25) is 0 Å². The second-order valence-electron chi connectivity index (χ2n) is 8.14. The SMILES string of the molecule is COc1cc2c(cc1OC)C(COc1ccc(F)cc1)N(C(=S)Nc1ccc(C(F)(F)F)cc1)CC2. The van der Waals surface area contributed by atoms with Gasteiger partial charge in [-0.3, -0.25) is 0 Å². The van der Waals surface area contributed by atoms with Crippen LogP contribution in [0.4, 0.5) is 23.2 Å². The Hall–Kier alpha value is -3.53. The van der Waals surface area contributed by atoms with Gasteiger partial charge in [-0.1, -0.05) is 0 Å². The number of methoxy groups -OCH3 is 2. The van der Waals surface area contributed by atoms with Gasteiger partial charge < -0.3 is 24.4 Å². The van der Waals surface area contributed by atoms with Crippen LogP contribution >= 0.6 is 12.2 Å². The first kappa shape index (κ1) is 25.6. The predicted octanol–water partition coefficient (Wildman–Crippen LogP) is 6.24. The summed E-state index contributed by atoms with van der Waals surface area (Å²) in [5.74, 6) is 1.27. The molecule has 36 heavy (non-hydrogen) atoms. The highest BCUT2D eigenvalue weighted by Crippen LogP contribution is 2.39. The van der Waals surface area contributed by atoms with Crippen LogP contribution in [0, 0.1) is 5.82 Å². The summed E-state index contributed by atoms with van der Waals surface area (Å²) in [7, 11) is 3.11. The number of benzene rings is 3. The number of halogens is 4. The molecule has 10 heteroatoms. The highest BCUT2D eigenvalue weighted by molar-refractivity contribution is 7.80. The fraction of sp³-hybridized carbons (Fsp3) is 0.269. The Balaban J connectivity index is 1.61.